The SMILES string of the molecule is CC1(C)CCC2(CC1)CNCC(c1ccc(Br)cc1Cl)O2. The highest BCUT2D eigenvalue weighted by atomic mass is 79.9. The fourth-order valence-electron chi connectivity index (χ4n) is 3.43. The molecule has 2 nitrogen and oxygen atoms in total. The van der Waals surface area contributed by atoms with Gasteiger partial charge in [-0.3, -0.25) is 0 Å². The molecular weight excluding hydrogens is 350 g/mol. The minimum atomic E-state index is -0.00512. The lowest BCUT2D eigenvalue weighted by molar-refractivity contribution is -0.147. The van der Waals surface area contributed by atoms with Crippen LogP contribution >= 0.6 is 27.5 Å². The Morgan fingerprint density at radius 3 is 2.62 bits per heavy atom. The summed E-state index contributed by atoms with van der Waals surface area (Å²) >= 11 is 9.86. The fraction of sp³-hybridized carbons (Fsp3) is 0.647. The van der Waals surface area contributed by atoms with Crippen molar-refractivity contribution in [3.05, 3.63) is 33.3 Å². The van der Waals surface area contributed by atoms with Gasteiger partial charge in [-0.2, -0.15) is 0 Å². The number of ether oxygens (including phenoxy) is 1. The third-order valence-electron chi connectivity index (χ3n) is 4.99. The van der Waals surface area contributed by atoms with Gasteiger partial charge in [0.15, 0.2) is 0 Å². The van der Waals surface area contributed by atoms with Crippen molar-refractivity contribution in [3.63, 3.8) is 0 Å². The molecule has 1 aromatic carbocycles. The highest BCUT2D eigenvalue weighted by Crippen LogP contribution is 2.45. The van der Waals surface area contributed by atoms with E-state index in [0.717, 1.165) is 41.0 Å². The van der Waals surface area contributed by atoms with Crippen LogP contribution in [-0.4, -0.2) is 18.7 Å². The molecule has 21 heavy (non-hydrogen) atoms. The number of rotatable bonds is 1. The first-order chi connectivity index (χ1) is 9.89. The van der Waals surface area contributed by atoms with Crippen LogP contribution in [0.3, 0.4) is 0 Å². The van der Waals surface area contributed by atoms with Crippen molar-refractivity contribution >= 4 is 27.5 Å². The monoisotopic (exact) mass is 371 g/mol. The Hall–Kier alpha value is -0.0900. The lowest BCUT2D eigenvalue weighted by Crippen LogP contribution is -2.53. The Balaban J connectivity index is 1.77. The molecule has 1 saturated carbocycles. The highest BCUT2D eigenvalue weighted by Gasteiger charge is 2.43. The van der Waals surface area contributed by atoms with E-state index >= 15 is 0 Å². The van der Waals surface area contributed by atoms with Crippen LogP contribution in [0.1, 0.15) is 51.2 Å². The molecule has 1 unspecified atom stereocenters. The first-order valence-corrected chi connectivity index (χ1v) is 8.90. The van der Waals surface area contributed by atoms with E-state index in [2.05, 4.69) is 41.2 Å². The molecule has 4 heteroatoms. The molecule has 1 saturated heterocycles. The molecule has 1 aromatic rings. The lowest BCUT2D eigenvalue weighted by Gasteiger charge is -2.48. The predicted molar refractivity (Wildman–Crippen MR) is 90.8 cm³/mol. The van der Waals surface area contributed by atoms with Crippen LogP contribution in [0.15, 0.2) is 22.7 Å². The summed E-state index contributed by atoms with van der Waals surface area (Å²) in [6, 6.07) is 6.06. The van der Waals surface area contributed by atoms with Crippen molar-refractivity contribution in [2.24, 2.45) is 5.41 Å². The quantitative estimate of drug-likeness (QED) is 0.740. The number of hydrogen-bond donors (Lipinski definition) is 1. The summed E-state index contributed by atoms with van der Waals surface area (Å²) in [6.07, 6.45) is 4.79. The summed E-state index contributed by atoms with van der Waals surface area (Å²) < 4.78 is 7.56. The van der Waals surface area contributed by atoms with Crippen molar-refractivity contribution in [3.8, 4) is 0 Å². The van der Waals surface area contributed by atoms with E-state index in [0.29, 0.717) is 5.41 Å². The zero-order valence-electron chi connectivity index (χ0n) is 12.7. The van der Waals surface area contributed by atoms with E-state index in [1.54, 1.807) is 0 Å². The number of morpholine rings is 1. The van der Waals surface area contributed by atoms with Gasteiger partial charge >= 0.3 is 0 Å². The molecule has 1 aliphatic carbocycles. The Bertz CT molecular complexity index is 522. The van der Waals surface area contributed by atoms with Crippen molar-refractivity contribution in [2.75, 3.05) is 13.1 Å². The minimum absolute atomic E-state index is 0.00512. The van der Waals surface area contributed by atoms with Gasteiger partial charge in [0.1, 0.15) is 0 Å². The lowest BCUT2D eigenvalue weighted by atomic mass is 9.70. The van der Waals surface area contributed by atoms with Crippen LogP contribution in [-0.2, 0) is 4.74 Å². The third-order valence-corrected chi connectivity index (χ3v) is 5.81. The van der Waals surface area contributed by atoms with Crippen LogP contribution in [0.4, 0.5) is 0 Å². The summed E-state index contributed by atoms with van der Waals surface area (Å²) in [7, 11) is 0. The fourth-order valence-corrected chi connectivity index (χ4v) is 4.22. The van der Waals surface area contributed by atoms with E-state index < -0.39 is 0 Å². The molecule has 1 spiro atoms. The third kappa shape index (κ3) is 3.47. The van der Waals surface area contributed by atoms with E-state index in [-0.39, 0.29) is 11.7 Å². The Morgan fingerprint density at radius 2 is 1.95 bits per heavy atom. The van der Waals surface area contributed by atoms with Gasteiger partial charge in [-0.05, 0) is 43.2 Å². The van der Waals surface area contributed by atoms with Crippen molar-refractivity contribution in [1.29, 1.82) is 0 Å². The molecule has 0 amide bonds. The summed E-state index contributed by atoms with van der Waals surface area (Å²) in [6.45, 7) is 6.53. The normalized spacial score (nSPS) is 27.7. The molecular formula is C17H23BrClNO. The van der Waals surface area contributed by atoms with E-state index in [9.17, 15) is 0 Å². The topological polar surface area (TPSA) is 21.3 Å². The first-order valence-electron chi connectivity index (χ1n) is 7.73. The van der Waals surface area contributed by atoms with Crippen LogP contribution in [0.5, 0.6) is 0 Å². The molecule has 1 aliphatic heterocycles. The van der Waals surface area contributed by atoms with Crippen molar-refractivity contribution in [1.82, 2.24) is 5.32 Å². The second-order valence-electron chi connectivity index (χ2n) is 7.25. The first kappa shape index (κ1) is 15.8. The Labute approximate surface area is 140 Å². The van der Waals surface area contributed by atoms with E-state index in [1.165, 1.54) is 12.8 Å². The molecule has 1 heterocycles. The summed E-state index contributed by atoms with van der Waals surface area (Å²) in [4.78, 5) is 0. The zero-order valence-corrected chi connectivity index (χ0v) is 15.1. The minimum Gasteiger partial charge on any atom is -0.364 e. The number of hydrogen-bond acceptors (Lipinski definition) is 2. The average molecular weight is 373 g/mol. The highest BCUT2D eigenvalue weighted by molar-refractivity contribution is 9.10. The molecule has 0 aromatic heterocycles. The van der Waals surface area contributed by atoms with E-state index in [1.807, 2.05) is 12.1 Å². The Kier molecular flexibility index (Phi) is 4.39. The van der Waals surface area contributed by atoms with Gasteiger partial charge in [0.2, 0.25) is 0 Å². The van der Waals surface area contributed by atoms with E-state index in [4.69, 9.17) is 16.3 Å². The number of benzene rings is 1. The maximum Gasteiger partial charge on any atom is 0.0971 e. The van der Waals surface area contributed by atoms with Crippen molar-refractivity contribution < 1.29 is 4.74 Å². The van der Waals surface area contributed by atoms with Gasteiger partial charge in [-0.1, -0.05) is 47.4 Å². The van der Waals surface area contributed by atoms with Crippen LogP contribution in [0.25, 0.3) is 0 Å². The molecule has 2 fully saturated rings. The molecule has 2 aliphatic rings. The average Bonchev–Trinajstić information content (AvgIpc) is 2.43. The number of halogens is 2. The predicted octanol–water partition coefficient (Wildman–Crippen LogP) is 5.10. The smallest absolute Gasteiger partial charge is 0.0971 e. The maximum atomic E-state index is 6.55. The van der Waals surface area contributed by atoms with Gasteiger partial charge < -0.3 is 10.1 Å². The second-order valence-corrected chi connectivity index (χ2v) is 8.57. The van der Waals surface area contributed by atoms with Crippen LogP contribution in [0, 0.1) is 5.41 Å². The largest absolute Gasteiger partial charge is 0.364 e. The molecule has 1 atom stereocenters. The van der Waals surface area contributed by atoms with Crippen LogP contribution in [0.2, 0.25) is 5.02 Å². The Morgan fingerprint density at radius 1 is 1.24 bits per heavy atom. The second kappa shape index (κ2) is 5.84. The van der Waals surface area contributed by atoms with Gasteiger partial charge in [-0.15, -0.1) is 0 Å². The molecule has 116 valence electrons. The molecule has 3 rings (SSSR count). The standard InChI is InChI=1S/C17H23BrClNO/c1-16(2)5-7-17(8-6-16)11-20-10-15(21-17)13-4-3-12(18)9-14(13)19/h3-4,9,15,20H,5-8,10-11H2,1-2H3. The zero-order chi connectivity index (χ0) is 15.1. The summed E-state index contributed by atoms with van der Waals surface area (Å²) in [5, 5.41) is 4.35. The van der Waals surface area contributed by atoms with Crippen molar-refractivity contribution in [2.45, 2.75) is 51.2 Å². The summed E-state index contributed by atoms with van der Waals surface area (Å²) in [5.41, 5.74) is 1.54. The van der Waals surface area contributed by atoms with Gasteiger partial charge in [0, 0.05) is 28.1 Å². The molecule has 0 radical (unpaired) electrons. The van der Waals surface area contributed by atoms with Gasteiger partial charge in [-0.25, -0.2) is 0 Å². The number of nitrogens with one attached hydrogen (secondary N) is 1. The van der Waals surface area contributed by atoms with Gasteiger partial charge in [0.25, 0.3) is 0 Å². The molecule has 1 N–H and O–H groups in total. The van der Waals surface area contributed by atoms with Gasteiger partial charge in [0.05, 0.1) is 11.7 Å². The van der Waals surface area contributed by atoms with Crippen LogP contribution < -0.4 is 5.32 Å². The molecule has 0 bridgehead atoms. The maximum absolute atomic E-state index is 6.55. The summed E-state index contributed by atoms with van der Waals surface area (Å²) in [5.74, 6) is 0.